The summed E-state index contributed by atoms with van der Waals surface area (Å²) in [5.41, 5.74) is 6.53. The standard InChI is InChI=1S/C11H16N4S/c1-3-15(4-2,11(12)16)14-9-10-7-5-6-8-13-10/h5-9H,3-4H2,1-2H3,(H-,12,16)/p+1/b14-9+. The van der Waals surface area contributed by atoms with E-state index in [2.05, 4.69) is 10.1 Å². The maximum Gasteiger partial charge on any atom is 0.294 e. The minimum absolute atomic E-state index is 0.270. The summed E-state index contributed by atoms with van der Waals surface area (Å²) in [6.07, 6.45) is 3.45. The molecule has 1 heterocycles. The molecule has 0 saturated heterocycles. The Bertz CT molecular complexity index is 371. The van der Waals surface area contributed by atoms with Crippen molar-refractivity contribution in [3.05, 3.63) is 30.1 Å². The highest BCUT2D eigenvalue weighted by Crippen LogP contribution is 2.07. The quantitative estimate of drug-likeness (QED) is 0.374. The fraction of sp³-hybridized carbons (Fsp3) is 0.364. The van der Waals surface area contributed by atoms with Gasteiger partial charge in [0.1, 0.15) is 19.3 Å². The smallest absolute Gasteiger partial charge is 0.294 e. The third-order valence-electron chi connectivity index (χ3n) is 2.56. The summed E-state index contributed by atoms with van der Waals surface area (Å²) in [5, 5.41) is 4.83. The average Bonchev–Trinajstić information content (AvgIpc) is 2.32. The van der Waals surface area contributed by atoms with Crippen molar-refractivity contribution >= 4 is 23.5 Å². The second-order valence-corrected chi connectivity index (χ2v) is 3.81. The monoisotopic (exact) mass is 237 g/mol. The van der Waals surface area contributed by atoms with E-state index in [-0.39, 0.29) is 4.59 Å². The second-order valence-electron chi connectivity index (χ2n) is 3.39. The van der Waals surface area contributed by atoms with Gasteiger partial charge >= 0.3 is 0 Å². The lowest BCUT2D eigenvalue weighted by Gasteiger charge is -2.26. The Balaban J connectivity index is 2.92. The first-order valence-electron chi connectivity index (χ1n) is 5.28. The van der Waals surface area contributed by atoms with Crippen LogP contribution in [0.1, 0.15) is 19.5 Å². The summed E-state index contributed by atoms with van der Waals surface area (Å²) in [4.78, 5) is 4.17. The van der Waals surface area contributed by atoms with Gasteiger partial charge in [-0.25, -0.2) is 0 Å². The number of thiocarbonyl (C=S) groups is 1. The van der Waals surface area contributed by atoms with Gasteiger partial charge in [-0.1, -0.05) is 11.2 Å². The van der Waals surface area contributed by atoms with Crippen molar-refractivity contribution < 1.29 is 4.59 Å². The normalized spacial score (nSPS) is 11.9. The molecule has 0 aromatic carbocycles. The lowest BCUT2D eigenvalue weighted by molar-refractivity contribution is -0.842. The van der Waals surface area contributed by atoms with E-state index < -0.39 is 0 Å². The fourth-order valence-corrected chi connectivity index (χ4v) is 1.68. The topological polar surface area (TPSA) is 51.3 Å². The number of nitrogens with zero attached hydrogens (tertiary/aromatic N) is 3. The van der Waals surface area contributed by atoms with Crippen LogP contribution in [0, 0.1) is 0 Å². The summed E-state index contributed by atoms with van der Waals surface area (Å²) >= 11 is 5.06. The van der Waals surface area contributed by atoms with E-state index in [1.165, 1.54) is 0 Å². The highest BCUT2D eigenvalue weighted by Gasteiger charge is 2.27. The number of nitrogens with two attached hydrogens (primary N) is 1. The number of pyridine rings is 1. The minimum atomic E-state index is 0.270. The Kier molecular flexibility index (Phi) is 4.52. The van der Waals surface area contributed by atoms with E-state index in [4.69, 9.17) is 18.0 Å². The van der Waals surface area contributed by atoms with Gasteiger partial charge in [-0.2, -0.15) is 0 Å². The Morgan fingerprint density at radius 1 is 1.50 bits per heavy atom. The van der Waals surface area contributed by atoms with Gasteiger partial charge in [0.2, 0.25) is 0 Å². The molecule has 1 aromatic heterocycles. The van der Waals surface area contributed by atoms with Crippen molar-refractivity contribution in [1.82, 2.24) is 4.98 Å². The molecule has 0 aliphatic heterocycles. The molecular formula is C11H17N4S+. The first-order valence-corrected chi connectivity index (χ1v) is 5.69. The molecule has 0 bridgehead atoms. The van der Waals surface area contributed by atoms with Crippen LogP contribution in [0.15, 0.2) is 29.5 Å². The summed E-state index contributed by atoms with van der Waals surface area (Å²) < 4.78 is 0.270. The van der Waals surface area contributed by atoms with Crippen molar-refractivity contribution in [1.29, 1.82) is 0 Å². The molecule has 0 saturated carbocycles. The molecule has 0 amide bonds. The Labute approximate surface area is 101 Å². The summed E-state index contributed by atoms with van der Waals surface area (Å²) in [5.74, 6) is 0. The number of hydrogen-bond acceptors (Lipinski definition) is 3. The lowest BCUT2D eigenvalue weighted by Crippen LogP contribution is -2.51. The zero-order valence-electron chi connectivity index (χ0n) is 9.63. The zero-order valence-corrected chi connectivity index (χ0v) is 10.4. The van der Waals surface area contributed by atoms with Crippen molar-refractivity contribution in [2.45, 2.75) is 13.8 Å². The minimum Gasteiger partial charge on any atom is -0.343 e. The maximum absolute atomic E-state index is 5.73. The molecule has 0 radical (unpaired) electrons. The third kappa shape index (κ3) is 2.84. The molecule has 2 N–H and O–H groups in total. The van der Waals surface area contributed by atoms with Crippen molar-refractivity contribution in [2.24, 2.45) is 10.8 Å². The molecule has 0 spiro atoms. The molecular weight excluding hydrogens is 220 g/mol. The average molecular weight is 237 g/mol. The van der Waals surface area contributed by atoms with Crippen LogP contribution < -0.4 is 5.73 Å². The van der Waals surface area contributed by atoms with Crippen molar-refractivity contribution in [2.75, 3.05) is 13.1 Å². The van der Waals surface area contributed by atoms with Crippen LogP contribution in [0.4, 0.5) is 0 Å². The number of hydrogen-bond donors (Lipinski definition) is 1. The van der Waals surface area contributed by atoms with E-state index in [9.17, 15) is 0 Å². The van der Waals surface area contributed by atoms with Gasteiger partial charge in [0.15, 0.2) is 0 Å². The number of rotatable bonds is 4. The highest BCUT2D eigenvalue weighted by atomic mass is 32.1. The van der Waals surface area contributed by atoms with E-state index in [1.54, 1.807) is 12.4 Å². The van der Waals surface area contributed by atoms with Crippen LogP contribution in [0.5, 0.6) is 0 Å². The zero-order chi connectivity index (χ0) is 12.0. The van der Waals surface area contributed by atoms with Gasteiger partial charge in [0.05, 0.1) is 5.69 Å². The molecule has 16 heavy (non-hydrogen) atoms. The van der Waals surface area contributed by atoms with Crippen LogP contribution >= 0.6 is 12.2 Å². The van der Waals surface area contributed by atoms with Crippen LogP contribution in [-0.4, -0.2) is 34.0 Å². The molecule has 0 unspecified atom stereocenters. The summed E-state index contributed by atoms with van der Waals surface area (Å²) in [7, 11) is 0. The molecule has 1 rings (SSSR count). The Morgan fingerprint density at radius 2 is 2.19 bits per heavy atom. The molecule has 86 valence electrons. The molecule has 0 fully saturated rings. The Hall–Kier alpha value is -1.33. The predicted octanol–water partition coefficient (Wildman–Crippen LogP) is 1.52. The molecule has 0 aliphatic carbocycles. The van der Waals surface area contributed by atoms with Gasteiger partial charge in [-0.15, -0.1) is 4.59 Å². The fourth-order valence-electron chi connectivity index (χ4n) is 1.38. The first-order chi connectivity index (χ1) is 7.64. The van der Waals surface area contributed by atoms with E-state index in [0.717, 1.165) is 18.8 Å². The maximum atomic E-state index is 5.73. The third-order valence-corrected chi connectivity index (χ3v) is 2.90. The van der Waals surface area contributed by atoms with E-state index >= 15 is 0 Å². The Morgan fingerprint density at radius 3 is 2.62 bits per heavy atom. The van der Waals surface area contributed by atoms with Gasteiger partial charge in [-0.3, -0.25) is 4.98 Å². The van der Waals surface area contributed by atoms with Crippen molar-refractivity contribution in [3.8, 4) is 0 Å². The molecule has 5 heteroatoms. The predicted molar refractivity (Wildman–Crippen MR) is 70.0 cm³/mol. The van der Waals surface area contributed by atoms with Gasteiger partial charge in [-0.05, 0) is 26.0 Å². The van der Waals surface area contributed by atoms with Crippen LogP contribution in [0.25, 0.3) is 0 Å². The van der Waals surface area contributed by atoms with Gasteiger partial charge in [0, 0.05) is 18.4 Å². The molecule has 0 atom stereocenters. The SMILES string of the molecule is CC[N+](CC)(/N=C/c1ccccn1)C(N)=S. The molecule has 1 aromatic rings. The largest absolute Gasteiger partial charge is 0.343 e. The number of quaternary nitrogens is 1. The van der Waals surface area contributed by atoms with Crippen LogP contribution in [-0.2, 0) is 0 Å². The van der Waals surface area contributed by atoms with Gasteiger partial charge < -0.3 is 5.73 Å². The van der Waals surface area contributed by atoms with Crippen LogP contribution in [0.2, 0.25) is 0 Å². The van der Waals surface area contributed by atoms with E-state index in [1.807, 2.05) is 32.0 Å². The second kappa shape index (κ2) is 5.67. The van der Waals surface area contributed by atoms with E-state index in [0.29, 0.717) is 5.11 Å². The summed E-state index contributed by atoms with van der Waals surface area (Å²) in [6.45, 7) is 5.52. The number of aromatic nitrogens is 1. The molecule has 0 aliphatic rings. The van der Waals surface area contributed by atoms with Crippen molar-refractivity contribution in [3.63, 3.8) is 0 Å². The lowest BCUT2D eigenvalue weighted by atomic mass is 10.4. The summed E-state index contributed by atoms with van der Waals surface area (Å²) in [6, 6.07) is 5.68. The van der Waals surface area contributed by atoms with Gasteiger partial charge in [0.25, 0.3) is 5.11 Å². The highest BCUT2D eigenvalue weighted by molar-refractivity contribution is 7.79. The first kappa shape index (κ1) is 12.7. The molecule has 4 nitrogen and oxygen atoms in total. The van der Waals surface area contributed by atoms with Crippen LogP contribution in [0.3, 0.4) is 0 Å².